The minimum absolute atomic E-state index is 0.0379. The quantitative estimate of drug-likeness (QED) is 0.364. The fourth-order valence-electron chi connectivity index (χ4n) is 3.35. The summed E-state index contributed by atoms with van der Waals surface area (Å²) in [6, 6.07) is 5.29. The van der Waals surface area contributed by atoms with Crippen LogP contribution in [0.15, 0.2) is 29.3 Å². The molecule has 0 aliphatic carbocycles. The summed E-state index contributed by atoms with van der Waals surface area (Å²) >= 11 is 5.10. The zero-order valence-corrected chi connectivity index (χ0v) is 16.9. The number of rotatable bonds is 5. The molecule has 2 aliphatic rings. The lowest BCUT2D eigenvalue weighted by molar-refractivity contribution is -0.902. The van der Waals surface area contributed by atoms with Gasteiger partial charge in [0.15, 0.2) is 11.0 Å². The van der Waals surface area contributed by atoms with E-state index in [0.29, 0.717) is 12.2 Å². The number of quaternary nitrogens is 1. The van der Waals surface area contributed by atoms with Crippen molar-refractivity contribution >= 4 is 47.0 Å². The van der Waals surface area contributed by atoms with E-state index in [1.54, 1.807) is 6.92 Å². The number of hydrogen-bond acceptors (Lipinski definition) is 5. The van der Waals surface area contributed by atoms with Crippen LogP contribution in [-0.2, 0) is 14.4 Å². The fraction of sp³-hybridized carbons (Fsp3) is 0.421. The fourth-order valence-corrected chi connectivity index (χ4v) is 3.64. The number of nitrogens with one attached hydrogen (secondary N) is 2. The predicted octanol–water partition coefficient (Wildman–Crippen LogP) is -0.993. The SMILES string of the molecule is CC(=O)N1CC[NH+](CCN=CC2C(=O)NC(=S)N(c3ccc(F)cc3)C2=O)CC1. The van der Waals surface area contributed by atoms with Gasteiger partial charge in [-0.1, -0.05) is 0 Å². The Morgan fingerprint density at radius 1 is 1.31 bits per heavy atom. The zero-order valence-electron chi connectivity index (χ0n) is 16.1. The van der Waals surface area contributed by atoms with Gasteiger partial charge >= 0.3 is 0 Å². The highest BCUT2D eigenvalue weighted by molar-refractivity contribution is 7.80. The van der Waals surface area contributed by atoms with E-state index in [1.165, 1.54) is 40.3 Å². The van der Waals surface area contributed by atoms with Crippen LogP contribution in [0.25, 0.3) is 0 Å². The number of carbonyl (C=O) groups is 3. The van der Waals surface area contributed by atoms with Crippen molar-refractivity contribution < 1.29 is 23.7 Å². The minimum atomic E-state index is -1.09. The molecule has 8 nitrogen and oxygen atoms in total. The van der Waals surface area contributed by atoms with Gasteiger partial charge in [0.1, 0.15) is 5.82 Å². The summed E-state index contributed by atoms with van der Waals surface area (Å²) in [5.41, 5.74) is 0.382. The van der Waals surface area contributed by atoms with E-state index in [1.807, 2.05) is 4.90 Å². The average molecular weight is 420 g/mol. The molecule has 3 amide bonds. The Morgan fingerprint density at radius 3 is 2.59 bits per heavy atom. The van der Waals surface area contributed by atoms with Gasteiger partial charge in [-0.25, -0.2) is 4.39 Å². The standard InChI is InChI=1S/C19H22FN5O3S/c1-13(26)24-10-8-23(9-11-24)7-6-21-12-16-17(27)22-19(29)25(18(16)28)15-4-2-14(20)3-5-15/h2-5,12,16H,6-11H2,1H3,(H,22,27,29)/p+1. The molecule has 1 unspecified atom stereocenters. The van der Waals surface area contributed by atoms with Crippen LogP contribution in [0.1, 0.15) is 6.92 Å². The zero-order chi connectivity index (χ0) is 21.0. The Bertz CT molecular complexity index is 837. The first-order valence-electron chi connectivity index (χ1n) is 9.40. The molecule has 2 fully saturated rings. The van der Waals surface area contributed by atoms with Gasteiger partial charge in [0.25, 0.3) is 5.91 Å². The van der Waals surface area contributed by atoms with Gasteiger partial charge in [-0.05, 0) is 36.5 Å². The summed E-state index contributed by atoms with van der Waals surface area (Å²) < 4.78 is 13.2. The highest BCUT2D eigenvalue weighted by Gasteiger charge is 2.38. The van der Waals surface area contributed by atoms with E-state index in [9.17, 15) is 18.8 Å². The first kappa shape index (κ1) is 21.0. The van der Waals surface area contributed by atoms with Crippen molar-refractivity contribution in [2.45, 2.75) is 6.92 Å². The summed E-state index contributed by atoms with van der Waals surface area (Å²) in [4.78, 5) is 44.9. The third-order valence-corrected chi connectivity index (χ3v) is 5.34. The number of anilines is 1. The monoisotopic (exact) mass is 420 g/mol. The lowest BCUT2D eigenvalue weighted by atomic mass is 10.1. The summed E-state index contributed by atoms with van der Waals surface area (Å²) in [6.45, 7) is 5.94. The van der Waals surface area contributed by atoms with E-state index >= 15 is 0 Å². The molecule has 0 bridgehead atoms. The molecule has 2 saturated heterocycles. The number of benzene rings is 1. The van der Waals surface area contributed by atoms with Crippen LogP contribution >= 0.6 is 12.2 Å². The van der Waals surface area contributed by atoms with E-state index < -0.39 is 23.5 Å². The second-order valence-corrected chi connectivity index (χ2v) is 7.37. The van der Waals surface area contributed by atoms with Gasteiger partial charge in [-0.15, -0.1) is 0 Å². The van der Waals surface area contributed by atoms with Crippen LogP contribution in [0.3, 0.4) is 0 Å². The maximum atomic E-state index is 13.2. The minimum Gasteiger partial charge on any atom is -0.332 e. The van der Waals surface area contributed by atoms with Gasteiger partial charge in [-0.2, -0.15) is 0 Å². The third-order valence-electron chi connectivity index (χ3n) is 5.05. The molecular weight excluding hydrogens is 397 g/mol. The highest BCUT2D eigenvalue weighted by Crippen LogP contribution is 2.20. The molecule has 0 saturated carbocycles. The smallest absolute Gasteiger partial charge is 0.251 e. The molecule has 0 aromatic heterocycles. The number of thiocarbonyl (C=S) groups is 1. The van der Waals surface area contributed by atoms with Gasteiger partial charge in [0.05, 0.1) is 45.0 Å². The van der Waals surface area contributed by atoms with Crippen LogP contribution in [0.4, 0.5) is 10.1 Å². The lowest BCUT2D eigenvalue weighted by Crippen LogP contribution is -3.15. The Hall–Kier alpha value is -2.72. The Balaban J connectivity index is 1.57. The van der Waals surface area contributed by atoms with E-state index in [4.69, 9.17) is 12.2 Å². The number of halogens is 1. The van der Waals surface area contributed by atoms with Crippen molar-refractivity contribution in [1.29, 1.82) is 0 Å². The molecule has 154 valence electrons. The maximum absolute atomic E-state index is 13.2. The second kappa shape index (κ2) is 9.19. The van der Waals surface area contributed by atoms with Crippen molar-refractivity contribution in [2.75, 3.05) is 44.2 Å². The van der Waals surface area contributed by atoms with Gasteiger partial charge in [0.2, 0.25) is 11.8 Å². The van der Waals surface area contributed by atoms with E-state index in [-0.39, 0.29) is 11.0 Å². The molecule has 1 aromatic carbocycles. The Morgan fingerprint density at radius 2 is 1.97 bits per heavy atom. The molecule has 3 rings (SSSR count). The van der Waals surface area contributed by atoms with Crippen molar-refractivity contribution in [2.24, 2.45) is 10.9 Å². The summed E-state index contributed by atoms with van der Waals surface area (Å²) in [7, 11) is 0. The first-order valence-corrected chi connectivity index (χ1v) is 9.81. The van der Waals surface area contributed by atoms with Gasteiger partial charge in [-0.3, -0.25) is 24.3 Å². The van der Waals surface area contributed by atoms with Crippen molar-refractivity contribution in [1.82, 2.24) is 10.2 Å². The number of hydrogen-bond donors (Lipinski definition) is 2. The van der Waals surface area contributed by atoms with Crippen LogP contribution in [0.5, 0.6) is 0 Å². The molecule has 2 heterocycles. The highest BCUT2D eigenvalue weighted by atomic mass is 32.1. The Kier molecular flexibility index (Phi) is 6.65. The van der Waals surface area contributed by atoms with Crippen LogP contribution < -0.4 is 15.1 Å². The average Bonchev–Trinajstić information content (AvgIpc) is 2.69. The van der Waals surface area contributed by atoms with Crippen LogP contribution in [-0.4, -0.2) is 73.2 Å². The van der Waals surface area contributed by atoms with E-state index in [0.717, 1.165) is 32.7 Å². The van der Waals surface area contributed by atoms with Crippen LogP contribution in [0, 0.1) is 11.7 Å². The number of aliphatic imine (C=N–C) groups is 1. The lowest BCUT2D eigenvalue weighted by Gasteiger charge is -2.31. The molecule has 29 heavy (non-hydrogen) atoms. The topological polar surface area (TPSA) is 86.5 Å². The normalized spacial score (nSPS) is 21.0. The largest absolute Gasteiger partial charge is 0.332 e. The molecule has 0 spiro atoms. The molecule has 10 heteroatoms. The van der Waals surface area contributed by atoms with Crippen molar-refractivity contribution in [3.63, 3.8) is 0 Å². The van der Waals surface area contributed by atoms with Crippen molar-refractivity contribution in [3.05, 3.63) is 30.1 Å². The molecular formula is C19H23FN5O3S+. The third kappa shape index (κ3) is 5.01. The van der Waals surface area contributed by atoms with Gasteiger partial charge < -0.3 is 15.1 Å². The predicted molar refractivity (Wildman–Crippen MR) is 109 cm³/mol. The number of carbonyl (C=O) groups excluding carboxylic acids is 3. The van der Waals surface area contributed by atoms with Crippen molar-refractivity contribution in [3.8, 4) is 0 Å². The number of amides is 3. The Labute approximate surface area is 173 Å². The molecule has 0 radical (unpaired) electrons. The molecule has 2 N–H and O–H groups in total. The molecule has 1 aromatic rings. The van der Waals surface area contributed by atoms with Gasteiger partial charge in [0, 0.05) is 13.1 Å². The summed E-state index contributed by atoms with van der Waals surface area (Å²) in [5, 5.41) is 2.46. The molecule has 1 atom stereocenters. The second-order valence-electron chi connectivity index (χ2n) is 6.98. The molecule has 2 aliphatic heterocycles. The number of piperazine rings is 1. The first-order chi connectivity index (χ1) is 13.9. The number of nitrogens with zero attached hydrogens (tertiary/aromatic N) is 3. The summed E-state index contributed by atoms with van der Waals surface area (Å²) in [5.74, 6) is -2.47. The maximum Gasteiger partial charge on any atom is 0.251 e. The van der Waals surface area contributed by atoms with E-state index in [2.05, 4.69) is 10.3 Å². The van der Waals surface area contributed by atoms with Crippen LogP contribution in [0.2, 0.25) is 0 Å². The summed E-state index contributed by atoms with van der Waals surface area (Å²) in [6.07, 6.45) is 1.35.